The molecule has 0 fully saturated rings. The van der Waals surface area contributed by atoms with Crippen LogP contribution in [-0.2, 0) is 26.2 Å². The SMILES string of the molecule is Cc1ccccc1CN(C(=O)CCCN(c1cccc(Cl)c1)S(C)(=O)=O)[C@@H](C)C(=O)NC(C)(C)C. The van der Waals surface area contributed by atoms with E-state index in [9.17, 15) is 18.0 Å². The first-order valence-electron chi connectivity index (χ1n) is 11.6. The van der Waals surface area contributed by atoms with E-state index in [1.165, 1.54) is 4.31 Å². The first-order valence-corrected chi connectivity index (χ1v) is 13.8. The van der Waals surface area contributed by atoms with Crippen molar-refractivity contribution in [1.29, 1.82) is 0 Å². The van der Waals surface area contributed by atoms with E-state index in [1.807, 2.05) is 52.0 Å². The van der Waals surface area contributed by atoms with Gasteiger partial charge >= 0.3 is 0 Å². The third-order valence-corrected chi connectivity index (χ3v) is 6.94. The van der Waals surface area contributed by atoms with E-state index in [0.717, 1.165) is 17.4 Å². The second kappa shape index (κ2) is 11.9. The molecule has 2 rings (SSSR count). The summed E-state index contributed by atoms with van der Waals surface area (Å²) in [5.41, 5.74) is 1.99. The minimum atomic E-state index is -3.57. The van der Waals surface area contributed by atoms with E-state index in [2.05, 4.69) is 5.32 Å². The summed E-state index contributed by atoms with van der Waals surface area (Å²) in [5, 5.41) is 3.37. The van der Waals surface area contributed by atoms with Crippen molar-refractivity contribution in [3.8, 4) is 0 Å². The van der Waals surface area contributed by atoms with E-state index < -0.39 is 21.6 Å². The van der Waals surface area contributed by atoms with Gasteiger partial charge in [-0.1, -0.05) is 41.9 Å². The van der Waals surface area contributed by atoms with Crippen molar-refractivity contribution in [1.82, 2.24) is 10.2 Å². The molecule has 2 aromatic carbocycles. The lowest BCUT2D eigenvalue weighted by Crippen LogP contribution is -2.52. The van der Waals surface area contributed by atoms with Crippen LogP contribution in [0.4, 0.5) is 5.69 Å². The molecule has 1 N–H and O–H groups in total. The van der Waals surface area contributed by atoms with E-state index in [-0.39, 0.29) is 37.7 Å². The molecule has 0 saturated carbocycles. The molecule has 0 saturated heterocycles. The second-order valence-corrected chi connectivity index (χ2v) is 12.1. The van der Waals surface area contributed by atoms with Crippen molar-refractivity contribution in [2.45, 2.75) is 65.6 Å². The molecular formula is C26H36ClN3O4S. The van der Waals surface area contributed by atoms with E-state index in [0.29, 0.717) is 10.7 Å². The molecule has 0 spiro atoms. The van der Waals surface area contributed by atoms with Gasteiger partial charge in [0.1, 0.15) is 6.04 Å². The van der Waals surface area contributed by atoms with Crippen LogP contribution in [0.25, 0.3) is 0 Å². The number of hydrogen-bond donors (Lipinski definition) is 1. The number of aryl methyl sites for hydroxylation is 1. The average molecular weight is 522 g/mol. The Hall–Kier alpha value is -2.58. The third-order valence-electron chi connectivity index (χ3n) is 5.52. The molecular weight excluding hydrogens is 486 g/mol. The minimum absolute atomic E-state index is 0.0889. The van der Waals surface area contributed by atoms with Crippen molar-refractivity contribution in [2.24, 2.45) is 0 Å². The number of benzene rings is 2. The van der Waals surface area contributed by atoms with Crippen LogP contribution >= 0.6 is 11.6 Å². The van der Waals surface area contributed by atoms with Gasteiger partial charge in [0.05, 0.1) is 11.9 Å². The van der Waals surface area contributed by atoms with Crippen LogP contribution in [-0.4, -0.2) is 49.5 Å². The summed E-state index contributed by atoms with van der Waals surface area (Å²) >= 11 is 6.04. The highest BCUT2D eigenvalue weighted by Gasteiger charge is 2.29. The Labute approximate surface area is 214 Å². The Morgan fingerprint density at radius 1 is 1.09 bits per heavy atom. The number of amides is 2. The van der Waals surface area contributed by atoms with Gasteiger partial charge in [0.25, 0.3) is 0 Å². The molecule has 9 heteroatoms. The fraction of sp³-hybridized carbons (Fsp3) is 0.462. The number of hydrogen-bond acceptors (Lipinski definition) is 4. The van der Waals surface area contributed by atoms with Crippen LogP contribution in [0.3, 0.4) is 0 Å². The topological polar surface area (TPSA) is 86.8 Å². The van der Waals surface area contributed by atoms with Gasteiger partial charge in [-0.05, 0) is 70.4 Å². The number of halogens is 1. The fourth-order valence-electron chi connectivity index (χ4n) is 3.66. The van der Waals surface area contributed by atoms with Gasteiger partial charge in [-0.2, -0.15) is 0 Å². The van der Waals surface area contributed by atoms with Gasteiger partial charge in [-0.15, -0.1) is 0 Å². The van der Waals surface area contributed by atoms with Gasteiger partial charge in [0.15, 0.2) is 0 Å². The molecule has 2 amide bonds. The van der Waals surface area contributed by atoms with Crippen molar-refractivity contribution >= 4 is 39.1 Å². The molecule has 2 aromatic rings. The van der Waals surface area contributed by atoms with Gasteiger partial charge in [0.2, 0.25) is 21.8 Å². The van der Waals surface area contributed by atoms with Gasteiger partial charge in [-0.3, -0.25) is 13.9 Å². The van der Waals surface area contributed by atoms with Crippen LogP contribution in [0.5, 0.6) is 0 Å². The molecule has 0 bridgehead atoms. The van der Waals surface area contributed by atoms with Crippen molar-refractivity contribution < 1.29 is 18.0 Å². The quantitative estimate of drug-likeness (QED) is 0.497. The van der Waals surface area contributed by atoms with E-state index >= 15 is 0 Å². The smallest absolute Gasteiger partial charge is 0.242 e. The lowest BCUT2D eigenvalue weighted by molar-refractivity contribution is -0.141. The standard InChI is InChI=1S/C26H36ClN3O4S/c1-19-11-7-8-12-21(19)18-29(20(2)25(32)28-26(3,4)5)24(31)15-10-16-30(35(6,33)34)23-14-9-13-22(27)17-23/h7-9,11-14,17,20H,10,15-16,18H2,1-6H3,(H,28,32)/t20-/m0/s1. The zero-order valence-electron chi connectivity index (χ0n) is 21.3. The van der Waals surface area contributed by atoms with Crippen molar-refractivity contribution in [2.75, 3.05) is 17.1 Å². The van der Waals surface area contributed by atoms with Gasteiger partial charge in [-0.25, -0.2) is 8.42 Å². The Kier molecular flexibility index (Phi) is 9.75. The number of carbonyl (C=O) groups excluding carboxylic acids is 2. The first-order chi connectivity index (χ1) is 16.2. The van der Waals surface area contributed by atoms with Gasteiger partial charge in [0, 0.05) is 30.1 Å². The molecule has 0 unspecified atom stereocenters. The Morgan fingerprint density at radius 3 is 2.31 bits per heavy atom. The van der Waals surface area contributed by atoms with Crippen LogP contribution < -0.4 is 9.62 Å². The second-order valence-electron chi connectivity index (χ2n) is 9.78. The number of carbonyl (C=O) groups is 2. The van der Waals surface area contributed by atoms with Crippen LogP contribution in [0.15, 0.2) is 48.5 Å². The molecule has 0 radical (unpaired) electrons. The highest BCUT2D eigenvalue weighted by atomic mass is 35.5. The third kappa shape index (κ3) is 8.85. The molecule has 35 heavy (non-hydrogen) atoms. The van der Waals surface area contributed by atoms with Crippen molar-refractivity contribution in [3.05, 3.63) is 64.7 Å². The number of rotatable bonds is 10. The summed E-state index contributed by atoms with van der Waals surface area (Å²) in [6, 6.07) is 13.6. The molecule has 0 aliphatic rings. The predicted molar refractivity (Wildman–Crippen MR) is 142 cm³/mol. The summed E-state index contributed by atoms with van der Waals surface area (Å²) in [7, 11) is -3.57. The molecule has 1 atom stereocenters. The summed E-state index contributed by atoms with van der Waals surface area (Å²) in [6.07, 6.45) is 1.50. The minimum Gasteiger partial charge on any atom is -0.350 e. The van der Waals surface area contributed by atoms with E-state index in [4.69, 9.17) is 11.6 Å². The largest absolute Gasteiger partial charge is 0.350 e. The van der Waals surface area contributed by atoms with Crippen LogP contribution in [0.2, 0.25) is 5.02 Å². The number of sulfonamides is 1. The molecule has 0 aliphatic heterocycles. The van der Waals surface area contributed by atoms with Crippen LogP contribution in [0.1, 0.15) is 51.7 Å². The fourth-order valence-corrected chi connectivity index (χ4v) is 4.80. The number of nitrogens with one attached hydrogen (secondary N) is 1. The highest BCUT2D eigenvalue weighted by molar-refractivity contribution is 7.92. The maximum Gasteiger partial charge on any atom is 0.242 e. The van der Waals surface area contributed by atoms with E-state index in [1.54, 1.807) is 36.1 Å². The maximum atomic E-state index is 13.3. The Morgan fingerprint density at radius 2 is 1.74 bits per heavy atom. The Balaban J connectivity index is 2.20. The summed E-state index contributed by atoms with van der Waals surface area (Å²) in [6.45, 7) is 9.75. The molecule has 0 aromatic heterocycles. The summed E-state index contributed by atoms with van der Waals surface area (Å²) in [4.78, 5) is 27.8. The molecule has 0 heterocycles. The molecule has 192 valence electrons. The number of nitrogens with zero attached hydrogens (tertiary/aromatic N) is 2. The zero-order valence-corrected chi connectivity index (χ0v) is 22.9. The lowest BCUT2D eigenvalue weighted by atomic mass is 10.1. The molecule has 0 aliphatic carbocycles. The monoisotopic (exact) mass is 521 g/mol. The highest BCUT2D eigenvalue weighted by Crippen LogP contribution is 2.23. The first kappa shape index (κ1) is 28.7. The lowest BCUT2D eigenvalue weighted by Gasteiger charge is -2.32. The zero-order chi connectivity index (χ0) is 26.4. The summed E-state index contributed by atoms with van der Waals surface area (Å²) in [5.74, 6) is -0.458. The normalized spacial score (nSPS) is 12.7. The molecule has 7 nitrogen and oxygen atoms in total. The van der Waals surface area contributed by atoms with Crippen molar-refractivity contribution in [3.63, 3.8) is 0 Å². The Bertz CT molecular complexity index is 1150. The maximum absolute atomic E-state index is 13.3. The summed E-state index contributed by atoms with van der Waals surface area (Å²) < 4.78 is 26.0. The average Bonchev–Trinajstić information content (AvgIpc) is 2.73. The predicted octanol–water partition coefficient (Wildman–Crippen LogP) is 4.53. The van der Waals surface area contributed by atoms with Crippen LogP contribution in [0, 0.1) is 6.92 Å². The number of anilines is 1. The van der Waals surface area contributed by atoms with Gasteiger partial charge < -0.3 is 10.2 Å².